The predicted octanol–water partition coefficient (Wildman–Crippen LogP) is 3.32. The molecule has 16 heteroatoms. The summed E-state index contributed by atoms with van der Waals surface area (Å²) in [4.78, 5) is 93.4. The number of ether oxygens (including phenoxy) is 7. The van der Waals surface area contributed by atoms with Crippen molar-refractivity contribution in [2.24, 2.45) is 23.2 Å². The van der Waals surface area contributed by atoms with Crippen LogP contribution in [0, 0.1) is 23.2 Å². The van der Waals surface area contributed by atoms with E-state index in [0.29, 0.717) is 0 Å². The van der Waals surface area contributed by atoms with Gasteiger partial charge in [-0.15, -0.1) is 0 Å². The Bertz CT molecular complexity index is 1750. The molecule has 1 aromatic rings. The second kappa shape index (κ2) is 16.9. The number of benzene rings is 1. The third kappa shape index (κ3) is 9.49. The second-order valence-corrected chi connectivity index (χ2v) is 16.4. The highest BCUT2D eigenvalue weighted by molar-refractivity contribution is 5.89. The van der Waals surface area contributed by atoms with E-state index in [0.717, 1.165) is 27.7 Å². The Morgan fingerprint density at radius 3 is 1.88 bits per heavy atom. The van der Waals surface area contributed by atoms with Crippen LogP contribution in [-0.2, 0) is 61.9 Å². The van der Waals surface area contributed by atoms with Crippen molar-refractivity contribution in [3.63, 3.8) is 0 Å². The van der Waals surface area contributed by atoms with Gasteiger partial charge in [0.25, 0.3) is 0 Å². The van der Waals surface area contributed by atoms with Crippen LogP contribution in [0.1, 0.15) is 98.9 Å². The molecular weight excluding hydrogens is 748 g/mol. The van der Waals surface area contributed by atoms with E-state index in [1.54, 1.807) is 51.1 Å². The summed E-state index contributed by atoms with van der Waals surface area (Å²) in [5.74, 6) is -10.2. The van der Waals surface area contributed by atoms with Crippen LogP contribution in [-0.4, -0.2) is 105 Å². The Kier molecular flexibility index (Phi) is 13.3. The third-order valence-corrected chi connectivity index (χ3v) is 10.8. The molecule has 0 amide bonds. The Labute approximate surface area is 331 Å². The van der Waals surface area contributed by atoms with Gasteiger partial charge in [-0.3, -0.25) is 28.8 Å². The standard InChI is InChI=1S/C41H54O16/c1-21(2)36(47)56-35-30(51-23(4)42)34(53-25(6)44)38(8,9)18-16-22(3)31(52-24(5)43)41(50)20-39(10,57-26(7)45)32-29(41)33(40(35,49)19-17-28(46)54-32)55-37(48)27-14-12-11-13-15-27/h11-16,18,21-22,29-35,49-50H,17,19-20H2,1-10H3/b18-16+/t22-,29+,30-,31-,32+,33+,34+,35+,39+,40-,41+/m0/s1. The van der Waals surface area contributed by atoms with Crippen molar-refractivity contribution in [1.29, 1.82) is 0 Å². The van der Waals surface area contributed by atoms with E-state index in [-0.39, 0.29) is 5.56 Å². The molecule has 16 nitrogen and oxygen atoms in total. The van der Waals surface area contributed by atoms with Gasteiger partial charge in [-0.2, -0.15) is 0 Å². The average Bonchev–Trinajstić information content (AvgIpc) is 3.31. The second-order valence-electron chi connectivity index (χ2n) is 16.4. The van der Waals surface area contributed by atoms with Crippen LogP contribution in [0.2, 0.25) is 0 Å². The average molecular weight is 803 g/mol. The zero-order chi connectivity index (χ0) is 42.8. The minimum absolute atomic E-state index is 0.0279. The quantitative estimate of drug-likeness (QED) is 0.218. The van der Waals surface area contributed by atoms with E-state index in [4.69, 9.17) is 33.2 Å². The maximum atomic E-state index is 14.3. The first-order chi connectivity index (χ1) is 26.4. The summed E-state index contributed by atoms with van der Waals surface area (Å²) in [5, 5.41) is 26.9. The lowest BCUT2D eigenvalue weighted by molar-refractivity contribution is -0.263. The Morgan fingerprint density at radius 1 is 0.754 bits per heavy atom. The van der Waals surface area contributed by atoms with Gasteiger partial charge in [0.05, 0.1) is 17.4 Å². The summed E-state index contributed by atoms with van der Waals surface area (Å²) in [7, 11) is 0. The summed E-state index contributed by atoms with van der Waals surface area (Å²) < 4.78 is 41.7. The van der Waals surface area contributed by atoms with Crippen LogP contribution >= 0.6 is 0 Å². The molecule has 1 saturated carbocycles. The van der Waals surface area contributed by atoms with Crippen LogP contribution in [0.15, 0.2) is 42.5 Å². The summed E-state index contributed by atoms with van der Waals surface area (Å²) in [6.07, 6.45) is -9.88. The fourth-order valence-corrected chi connectivity index (χ4v) is 8.40. The summed E-state index contributed by atoms with van der Waals surface area (Å²) >= 11 is 0. The van der Waals surface area contributed by atoms with Gasteiger partial charge in [-0.25, -0.2) is 4.79 Å². The smallest absolute Gasteiger partial charge is 0.338 e. The first-order valence-corrected chi connectivity index (χ1v) is 18.9. The van der Waals surface area contributed by atoms with E-state index in [2.05, 4.69) is 0 Å². The molecule has 0 unspecified atom stereocenters. The minimum Gasteiger partial charge on any atom is -0.459 e. The summed E-state index contributed by atoms with van der Waals surface area (Å²) in [5.41, 5.74) is -8.66. The number of hydrogen-bond donors (Lipinski definition) is 2. The maximum absolute atomic E-state index is 14.3. The number of fused-ring (bicyclic) bond motifs is 1. The molecule has 2 N–H and O–H groups in total. The predicted molar refractivity (Wildman–Crippen MR) is 196 cm³/mol. The lowest BCUT2D eigenvalue weighted by atomic mass is 9.66. The van der Waals surface area contributed by atoms with E-state index in [9.17, 15) is 43.8 Å². The van der Waals surface area contributed by atoms with Crippen molar-refractivity contribution < 1.29 is 76.9 Å². The highest BCUT2D eigenvalue weighted by Crippen LogP contribution is 2.56. The van der Waals surface area contributed by atoms with E-state index < -0.39 is 138 Å². The molecule has 2 fully saturated rings. The zero-order valence-corrected chi connectivity index (χ0v) is 34.0. The van der Waals surface area contributed by atoms with E-state index in [1.807, 2.05) is 0 Å². The molecule has 0 spiro atoms. The summed E-state index contributed by atoms with van der Waals surface area (Å²) in [6.45, 7) is 13.5. The van der Waals surface area contributed by atoms with Gasteiger partial charge in [-0.05, 0) is 25.5 Å². The van der Waals surface area contributed by atoms with Crippen LogP contribution in [0.3, 0.4) is 0 Å². The number of carbonyl (C=O) groups is 7. The number of esters is 7. The molecule has 314 valence electrons. The molecule has 3 aliphatic rings. The van der Waals surface area contributed by atoms with Crippen LogP contribution in [0.5, 0.6) is 0 Å². The van der Waals surface area contributed by atoms with Gasteiger partial charge in [0.1, 0.15) is 29.0 Å². The molecule has 2 aliphatic carbocycles. The highest BCUT2D eigenvalue weighted by Gasteiger charge is 2.74. The fourth-order valence-electron chi connectivity index (χ4n) is 8.40. The normalized spacial score (nSPS) is 35.4. The fraction of sp³-hybridized carbons (Fsp3) is 0.634. The Morgan fingerprint density at radius 2 is 1.33 bits per heavy atom. The molecule has 1 heterocycles. The van der Waals surface area contributed by atoms with Gasteiger partial charge in [0.2, 0.25) is 0 Å². The van der Waals surface area contributed by atoms with Gasteiger partial charge in [0.15, 0.2) is 24.4 Å². The number of rotatable bonds is 8. The third-order valence-electron chi connectivity index (χ3n) is 10.8. The van der Waals surface area contributed by atoms with Crippen molar-refractivity contribution in [3.8, 4) is 0 Å². The number of hydrogen-bond acceptors (Lipinski definition) is 16. The number of carbonyl (C=O) groups excluding carboxylic acids is 7. The molecule has 0 radical (unpaired) electrons. The molecule has 2 bridgehead atoms. The monoisotopic (exact) mass is 802 g/mol. The first kappa shape index (κ1) is 44.9. The van der Waals surface area contributed by atoms with Crippen LogP contribution in [0.4, 0.5) is 0 Å². The lowest BCUT2D eigenvalue weighted by Crippen LogP contribution is -2.70. The Hall–Kier alpha value is -4.83. The molecule has 1 aliphatic heterocycles. The lowest BCUT2D eigenvalue weighted by Gasteiger charge is -2.52. The van der Waals surface area contributed by atoms with Crippen molar-refractivity contribution in [2.45, 2.75) is 142 Å². The minimum atomic E-state index is -2.84. The topological polar surface area (TPSA) is 225 Å². The largest absolute Gasteiger partial charge is 0.459 e. The maximum Gasteiger partial charge on any atom is 0.338 e. The molecule has 57 heavy (non-hydrogen) atoms. The van der Waals surface area contributed by atoms with Crippen LogP contribution < -0.4 is 0 Å². The zero-order valence-electron chi connectivity index (χ0n) is 34.0. The van der Waals surface area contributed by atoms with Gasteiger partial charge < -0.3 is 43.4 Å². The van der Waals surface area contributed by atoms with Crippen LogP contribution in [0.25, 0.3) is 0 Å². The van der Waals surface area contributed by atoms with E-state index >= 15 is 0 Å². The SMILES string of the molecule is CC(=O)O[C@H]1[C@@H](OC(C)=O)C(C)(C)/C=C/[C@H](C)[C@H](OC(C)=O)[C@@]2(O)C[C@@](C)(OC(C)=O)[C@@H]3OC(=O)CC[C@@](O)([C@@H]1OC(=O)C(C)C)[C@H](OC(=O)c1ccccc1)[C@@H]32. The first-order valence-electron chi connectivity index (χ1n) is 18.9. The van der Waals surface area contributed by atoms with E-state index in [1.165, 1.54) is 32.9 Å². The van der Waals surface area contributed by atoms with Gasteiger partial charge >= 0.3 is 41.8 Å². The van der Waals surface area contributed by atoms with Gasteiger partial charge in [0, 0.05) is 51.9 Å². The highest BCUT2D eigenvalue weighted by atomic mass is 16.6. The molecule has 1 aromatic carbocycles. The molecule has 11 atom stereocenters. The van der Waals surface area contributed by atoms with Gasteiger partial charge in [-0.1, -0.05) is 65.0 Å². The molecule has 4 rings (SSSR count). The molecule has 1 saturated heterocycles. The number of aliphatic hydroxyl groups is 2. The van der Waals surface area contributed by atoms with Crippen molar-refractivity contribution in [3.05, 3.63) is 48.0 Å². The van der Waals surface area contributed by atoms with Crippen molar-refractivity contribution in [2.75, 3.05) is 0 Å². The molecular formula is C41H54O16. The Balaban J connectivity index is 2.26. The van der Waals surface area contributed by atoms with Crippen molar-refractivity contribution >= 4 is 41.8 Å². The summed E-state index contributed by atoms with van der Waals surface area (Å²) in [6, 6.07) is 7.55. The van der Waals surface area contributed by atoms with Crippen molar-refractivity contribution in [1.82, 2.24) is 0 Å². The molecule has 0 aromatic heterocycles.